The first kappa shape index (κ1) is 9.21. The molecule has 1 saturated heterocycles. The SMILES string of the molecule is O=C1CCC(CNCc2ccn[nH]2)N1. The summed E-state index contributed by atoms with van der Waals surface area (Å²) in [6.45, 7) is 1.59. The van der Waals surface area contributed by atoms with Crippen molar-refractivity contribution in [3.8, 4) is 0 Å². The van der Waals surface area contributed by atoms with Crippen LogP contribution in [0.1, 0.15) is 18.5 Å². The monoisotopic (exact) mass is 194 g/mol. The van der Waals surface area contributed by atoms with Gasteiger partial charge in [0.1, 0.15) is 0 Å². The highest BCUT2D eigenvalue weighted by Crippen LogP contribution is 2.05. The van der Waals surface area contributed by atoms with Gasteiger partial charge in [-0.05, 0) is 12.5 Å². The molecule has 1 aromatic heterocycles. The summed E-state index contributed by atoms with van der Waals surface area (Å²) >= 11 is 0. The quantitative estimate of drug-likeness (QED) is 0.620. The van der Waals surface area contributed by atoms with E-state index >= 15 is 0 Å². The summed E-state index contributed by atoms with van der Waals surface area (Å²) in [7, 11) is 0. The molecular formula is C9H14N4O. The van der Waals surface area contributed by atoms with Gasteiger partial charge in [0.25, 0.3) is 0 Å². The Bertz CT molecular complexity index is 296. The average molecular weight is 194 g/mol. The zero-order chi connectivity index (χ0) is 9.80. The molecular weight excluding hydrogens is 180 g/mol. The van der Waals surface area contributed by atoms with E-state index in [4.69, 9.17) is 0 Å². The van der Waals surface area contributed by atoms with Crippen molar-refractivity contribution in [2.45, 2.75) is 25.4 Å². The summed E-state index contributed by atoms with van der Waals surface area (Å²) in [6, 6.07) is 2.23. The number of amides is 1. The van der Waals surface area contributed by atoms with Gasteiger partial charge in [-0.3, -0.25) is 9.89 Å². The molecule has 0 aliphatic carbocycles. The van der Waals surface area contributed by atoms with Crippen molar-refractivity contribution in [3.05, 3.63) is 18.0 Å². The molecule has 1 aliphatic heterocycles. The summed E-state index contributed by atoms with van der Waals surface area (Å²) in [5.74, 6) is 0.165. The number of nitrogens with one attached hydrogen (secondary N) is 3. The highest BCUT2D eigenvalue weighted by atomic mass is 16.1. The van der Waals surface area contributed by atoms with Crippen molar-refractivity contribution in [1.29, 1.82) is 0 Å². The van der Waals surface area contributed by atoms with Crippen LogP contribution < -0.4 is 10.6 Å². The third-order valence-electron chi connectivity index (χ3n) is 2.35. The number of carbonyl (C=O) groups excluding carboxylic acids is 1. The van der Waals surface area contributed by atoms with Gasteiger partial charge in [-0.2, -0.15) is 5.10 Å². The molecule has 0 radical (unpaired) electrons. The topological polar surface area (TPSA) is 69.8 Å². The van der Waals surface area contributed by atoms with Gasteiger partial charge in [-0.25, -0.2) is 0 Å². The zero-order valence-corrected chi connectivity index (χ0v) is 7.92. The number of aromatic nitrogens is 2. The van der Waals surface area contributed by atoms with Gasteiger partial charge >= 0.3 is 0 Å². The first-order valence-corrected chi connectivity index (χ1v) is 4.83. The molecule has 76 valence electrons. The van der Waals surface area contributed by atoms with Crippen molar-refractivity contribution in [2.75, 3.05) is 6.54 Å². The summed E-state index contributed by atoms with van der Waals surface area (Å²) in [5, 5.41) is 12.9. The summed E-state index contributed by atoms with van der Waals surface area (Å²) in [4.78, 5) is 10.9. The lowest BCUT2D eigenvalue weighted by atomic mass is 10.2. The number of nitrogens with zero attached hydrogens (tertiary/aromatic N) is 1. The van der Waals surface area contributed by atoms with Crippen LogP contribution in [-0.2, 0) is 11.3 Å². The Morgan fingerprint density at radius 3 is 3.21 bits per heavy atom. The number of carbonyl (C=O) groups is 1. The van der Waals surface area contributed by atoms with Gasteiger partial charge in [0.2, 0.25) is 5.91 Å². The lowest BCUT2D eigenvalue weighted by Gasteiger charge is -2.09. The molecule has 0 bridgehead atoms. The highest BCUT2D eigenvalue weighted by molar-refractivity contribution is 5.78. The maximum absolute atomic E-state index is 10.9. The molecule has 2 rings (SSSR count). The lowest BCUT2D eigenvalue weighted by Crippen LogP contribution is -2.35. The molecule has 2 heterocycles. The van der Waals surface area contributed by atoms with Crippen LogP contribution in [0.15, 0.2) is 12.3 Å². The minimum absolute atomic E-state index is 0.165. The van der Waals surface area contributed by atoms with E-state index in [1.54, 1.807) is 6.20 Å². The van der Waals surface area contributed by atoms with E-state index < -0.39 is 0 Å². The van der Waals surface area contributed by atoms with Gasteiger partial charge in [0.05, 0.1) is 0 Å². The molecule has 0 saturated carbocycles. The molecule has 0 aromatic carbocycles. The Morgan fingerprint density at radius 1 is 1.64 bits per heavy atom. The molecule has 5 nitrogen and oxygen atoms in total. The number of hydrogen-bond donors (Lipinski definition) is 3. The van der Waals surface area contributed by atoms with Crippen molar-refractivity contribution in [3.63, 3.8) is 0 Å². The molecule has 5 heteroatoms. The summed E-state index contributed by atoms with van der Waals surface area (Å²) < 4.78 is 0. The third kappa shape index (κ3) is 2.32. The Labute approximate surface area is 82.3 Å². The maximum atomic E-state index is 10.9. The number of aromatic amines is 1. The Hall–Kier alpha value is -1.36. The van der Waals surface area contributed by atoms with Crippen LogP contribution in [0.25, 0.3) is 0 Å². The van der Waals surface area contributed by atoms with Crippen molar-refractivity contribution in [2.24, 2.45) is 0 Å². The van der Waals surface area contributed by atoms with Crippen LogP contribution in [-0.4, -0.2) is 28.7 Å². The number of H-pyrrole nitrogens is 1. The third-order valence-corrected chi connectivity index (χ3v) is 2.35. The van der Waals surface area contributed by atoms with Gasteiger partial charge in [0.15, 0.2) is 0 Å². The van der Waals surface area contributed by atoms with E-state index in [9.17, 15) is 4.79 Å². The van der Waals surface area contributed by atoms with E-state index in [-0.39, 0.29) is 5.91 Å². The Morgan fingerprint density at radius 2 is 2.57 bits per heavy atom. The van der Waals surface area contributed by atoms with Crippen LogP contribution >= 0.6 is 0 Å². The molecule has 3 N–H and O–H groups in total. The molecule has 1 fully saturated rings. The minimum Gasteiger partial charge on any atom is -0.352 e. The zero-order valence-electron chi connectivity index (χ0n) is 7.92. The van der Waals surface area contributed by atoms with Gasteiger partial charge in [-0.1, -0.05) is 0 Å². The Balaban J connectivity index is 1.66. The second-order valence-corrected chi connectivity index (χ2v) is 3.52. The summed E-state index contributed by atoms with van der Waals surface area (Å²) in [5.41, 5.74) is 1.06. The molecule has 1 aromatic rings. The van der Waals surface area contributed by atoms with Gasteiger partial charge in [-0.15, -0.1) is 0 Å². The second kappa shape index (κ2) is 4.23. The minimum atomic E-state index is 0.165. The molecule has 1 atom stereocenters. The molecule has 0 spiro atoms. The average Bonchev–Trinajstić information content (AvgIpc) is 2.77. The van der Waals surface area contributed by atoms with Crippen LogP contribution in [0.5, 0.6) is 0 Å². The maximum Gasteiger partial charge on any atom is 0.220 e. The lowest BCUT2D eigenvalue weighted by molar-refractivity contribution is -0.119. The van der Waals surface area contributed by atoms with Crippen LogP contribution in [0.3, 0.4) is 0 Å². The molecule has 1 unspecified atom stereocenters. The predicted octanol–water partition coefficient (Wildman–Crippen LogP) is -0.222. The van der Waals surface area contributed by atoms with Crippen LogP contribution in [0, 0.1) is 0 Å². The van der Waals surface area contributed by atoms with E-state index in [2.05, 4.69) is 20.8 Å². The highest BCUT2D eigenvalue weighted by Gasteiger charge is 2.19. The van der Waals surface area contributed by atoms with E-state index in [0.717, 1.165) is 25.2 Å². The normalized spacial score (nSPS) is 21.1. The van der Waals surface area contributed by atoms with Crippen molar-refractivity contribution < 1.29 is 4.79 Å². The fourth-order valence-corrected chi connectivity index (χ4v) is 1.59. The predicted molar refractivity (Wildman–Crippen MR) is 51.5 cm³/mol. The first-order chi connectivity index (χ1) is 6.84. The summed E-state index contributed by atoms with van der Waals surface area (Å²) in [6.07, 6.45) is 3.33. The largest absolute Gasteiger partial charge is 0.352 e. The Kier molecular flexibility index (Phi) is 2.78. The van der Waals surface area contributed by atoms with Crippen LogP contribution in [0.2, 0.25) is 0 Å². The van der Waals surface area contributed by atoms with E-state index in [0.29, 0.717) is 12.5 Å². The molecule has 14 heavy (non-hydrogen) atoms. The smallest absolute Gasteiger partial charge is 0.220 e. The number of hydrogen-bond acceptors (Lipinski definition) is 3. The molecule has 1 amide bonds. The molecule has 1 aliphatic rings. The number of rotatable bonds is 4. The van der Waals surface area contributed by atoms with Crippen molar-refractivity contribution in [1.82, 2.24) is 20.8 Å². The van der Waals surface area contributed by atoms with Gasteiger partial charge < -0.3 is 10.6 Å². The standard InChI is InChI=1S/C9H14N4O/c14-9-2-1-7(12-9)5-10-6-8-3-4-11-13-8/h3-4,7,10H,1-2,5-6H2,(H,11,13)(H,12,14). The van der Waals surface area contributed by atoms with Crippen LogP contribution in [0.4, 0.5) is 0 Å². The fraction of sp³-hybridized carbons (Fsp3) is 0.556. The fourth-order valence-electron chi connectivity index (χ4n) is 1.59. The van der Waals surface area contributed by atoms with Crippen molar-refractivity contribution >= 4 is 5.91 Å². The van der Waals surface area contributed by atoms with Gasteiger partial charge in [0, 0.05) is 37.4 Å². The second-order valence-electron chi connectivity index (χ2n) is 3.52. The first-order valence-electron chi connectivity index (χ1n) is 4.83. The van der Waals surface area contributed by atoms with E-state index in [1.807, 2.05) is 6.07 Å². The van der Waals surface area contributed by atoms with E-state index in [1.165, 1.54) is 0 Å².